The molecule has 2 heteroatoms. The maximum Gasteiger partial charge on any atom is 0.0716 e. The Morgan fingerprint density at radius 3 is 2.35 bits per heavy atom. The van der Waals surface area contributed by atoms with Crippen molar-refractivity contribution in [3.63, 3.8) is 0 Å². The van der Waals surface area contributed by atoms with Crippen LogP contribution in [0, 0.1) is 5.92 Å². The van der Waals surface area contributed by atoms with Crippen molar-refractivity contribution in [1.82, 2.24) is 5.32 Å². The fraction of sp³-hybridized carbons (Fsp3) is 0.600. The fourth-order valence-electron chi connectivity index (χ4n) is 1.60. The Labute approximate surface area is 105 Å². The molecule has 0 aromatic heterocycles. The van der Waals surface area contributed by atoms with E-state index in [1.54, 1.807) is 0 Å². The zero-order chi connectivity index (χ0) is 12.5. The van der Waals surface area contributed by atoms with Gasteiger partial charge >= 0.3 is 0 Å². The molecule has 0 spiro atoms. The molecule has 17 heavy (non-hydrogen) atoms. The van der Waals surface area contributed by atoms with Gasteiger partial charge in [-0.25, -0.2) is 0 Å². The maximum atomic E-state index is 5.37. The molecule has 1 rings (SSSR count). The summed E-state index contributed by atoms with van der Waals surface area (Å²) < 4.78 is 5.37. The topological polar surface area (TPSA) is 21.3 Å². The van der Waals surface area contributed by atoms with E-state index in [1.807, 2.05) is 6.92 Å². The minimum Gasteiger partial charge on any atom is -0.377 e. The van der Waals surface area contributed by atoms with Gasteiger partial charge in [0.15, 0.2) is 0 Å². The Hall–Kier alpha value is -0.860. The van der Waals surface area contributed by atoms with E-state index in [9.17, 15) is 0 Å². The van der Waals surface area contributed by atoms with E-state index >= 15 is 0 Å². The lowest BCUT2D eigenvalue weighted by Crippen LogP contribution is -2.16. The lowest BCUT2D eigenvalue weighted by molar-refractivity contribution is 0.134. The van der Waals surface area contributed by atoms with Crippen LogP contribution in [-0.4, -0.2) is 13.2 Å². The molecule has 0 atom stereocenters. The molecule has 1 aromatic rings. The smallest absolute Gasteiger partial charge is 0.0716 e. The summed E-state index contributed by atoms with van der Waals surface area (Å²) in [5, 5.41) is 3.46. The lowest BCUT2D eigenvalue weighted by Gasteiger charge is -2.08. The van der Waals surface area contributed by atoms with Crippen LogP contribution in [-0.2, 0) is 17.9 Å². The monoisotopic (exact) mass is 235 g/mol. The van der Waals surface area contributed by atoms with Crippen molar-refractivity contribution in [2.24, 2.45) is 5.92 Å². The van der Waals surface area contributed by atoms with Gasteiger partial charge in [0.1, 0.15) is 0 Å². The second-order valence-corrected chi connectivity index (χ2v) is 4.81. The third kappa shape index (κ3) is 6.44. The van der Waals surface area contributed by atoms with Crippen molar-refractivity contribution in [2.45, 2.75) is 40.3 Å². The van der Waals surface area contributed by atoms with Gasteiger partial charge in [-0.15, -0.1) is 0 Å². The van der Waals surface area contributed by atoms with Crippen LogP contribution in [0.5, 0.6) is 0 Å². The van der Waals surface area contributed by atoms with Crippen LogP contribution >= 0.6 is 0 Å². The number of hydrogen-bond acceptors (Lipinski definition) is 2. The molecular weight excluding hydrogens is 210 g/mol. The molecule has 0 unspecified atom stereocenters. The molecular formula is C15H25NO. The number of rotatable bonds is 8. The molecule has 0 amide bonds. The quantitative estimate of drug-likeness (QED) is 0.698. The Morgan fingerprint density at radius 1 is 1.12 bits per heavy atom. The Bertz CT molecular complexity index is 292. The van der Waals surface area contributed by atoms with Gasteiger partial charge in [-0.3, -0.25) is 0 Å². The van der Waals surface area contributed by atoms with E-state index in [0.29, 0.717) is 0 Å². The highest BCUT2D eigenvalue weighted by Gasteiger charge is 1.96. The number of benzene rings is 1. The average molecular weight is 235 g/mol. The van der Waals surface area contributed by atoms with Crippen molar-refractivity contribution < 1.29 is 4.74 Å². The fourth-order valence-corrected chi connectivity index (χ4v) is 1.60. The zero-order valence-electron chi connectivity index (χ0n) is 11.3. The van der Waals surface area contributed by atoms with Crippen molar-refractivity contribution >= 4 is 0 Å². The van der Waals surface area contributed by atoms with Crippen molar-refractivity contribution in [1.29, 1.82) is 0 Å². The molecule has 0 aliphatic rings. The van der Waals surface area contributed by atoms with Gasteiger partial charge in [-0.2, -0.15) is 0 Å². The first kappa shape index (κ1) is 14.2. The van der Waals surface area contributed by atoms with Crippen molar-refractivity contribution in [3.8, 4) is 0 Å². The predicted molar refractivity (Wildman–Crippen MR) is 72.9 cm³/mol. The van der Waals surface area contributed by atoms with E-state index in [1.165, 1.54) is 17.5 Å². The van der Waals surface area contributed by atoms with Gasteiger partial charge in [-0.1, -0.05) is 38.1 Å². The summed E-state index contributed by atoms with van der Waals surface area (Å²) >= 11 is 0. The third-order valence-corrected chi connectivity index (χ3v) is 2.72. The largest absolute Gasteiger partial charge is 0.377 e. The first-order valence-corrected chi connectivity index (χ1v) is 6.58. The van der Waals surface area contributed by atoms with E-state index < -0.39 is 0 Å². The molecule has 0 fully saturated rings. The first-order valence-electron chi connectivity index (χ1n) is 6.58. The standard InChI is InChI=1S/C15H25NO/c1-4-17-12-15-7-5-14(6-8-15)11-16-10-9-13(2)3/h5-8,13,16H,4,9-12H2,1-3H3. The summed E-state index contributed by atoms with van der Waals surface area (Å²) in [6.07, 6.45) is 1.24. The molecule has 1 N–H and O–H groups in total. The third-order valence-electron chi connectivity index (χ3n) is 2.72. The molecule has 0 bridgehead atoms. The summed E-state index contributed by atoms with van der Waals surface area (Å²) in [6.45, 7) is 10.1. The van der Waals surface area contributed by atoms with Gasteiger partial charge in [-0.05, 0) is 36.9 Å². The highest BCUT2D eigenvalue weighted by Crippen LogP contribution is 2.06. The molecule has 0 saturated carbocycles. The van der Waals surface area contributed by atoms with E-state index in [-0.39, 0.29) is 0 Å². The van der Waals surface area contributed by atoms with Crippen LogP contribution in [0.1, 0.15) is 38.3 Å². The second-order valence-electron chi connectivity index (χ2n) is 4.81. The molecule has 96 valence electrons. The SMILES string of the molecule is CCOCc1ccc(CNCCC(C)C)cc1. The normalized spacial score (nSPS) is 11.1. The minimum atomic E-state index is 0.720. The summed E-state index contributed by atoms with van der Waals surface area (Å²) in [5.41, 5.74) is 2.59. The number of ether oxygens (including phenoxy) is 1. The lowest BCUT2D eigenvalue weighted by atomic mass is 10.1. The van der Waals surface area contributed by atoms with Crippen LogP contribution < -0.4 is 5.32 Å². The molecule has 0 saturated heterocycles. The van der Waals surface area contributed by atoms with Gasteiger partial charge in [0.2, 0.25) is 0 Å². The van der Waals surface area contributed by atoms with E-state index in [0.717, 1.165) is 32.2 Å². The predicted octanol–water partition coefficient (Wildman–Crippen LogP) is 3.36. The zero-order valence-corrected chi connectivity index (χ0v) is 11.3. The van der Waals surface area contributed by atoms with Crippen molar-refractivity contribution in [2.75, 3.05) is 13.2 Å². The molecule has 2 nitrogen and oxygen atoms in total. The molecule has 0 aliphatic heterocycles. The molecule has 0 aliphatic carbocycles. The van der Waals surface area contributed by atoms with Crippen LogP contribution in [0.25, 0.3) is 0 Å². The van der Waals surface area contributed by atoms with E-state index in [4.69, 9.17) is 4.74 Å². The summed E-state index contributed by atoms with van der Waals surface area (Å²) in [5.74, 6) is 0.774. The van der Waals surface area contributed by atoms with Gasteiger partial charge in [0.05, 0.1) is 6.61 Å². The summed E-state index contributed by atoms with van der Waals surface area (Å²) in [6, 6.07) is 8.65. The average Bonchev–Trinajstić information content (AvgIpc) is 2.33. The van der Waals surface area contributed by atoms with Crippen molar-refractivity contribution in [3.05, 3.63) is 35.4 Å². The van der Waals surface area contributed by atoms with Gasteiger partial charge in [0, 0.05) is 13.2 Å². The van der Waals surface area contributed by atoms with Crippen LogP contribution in [0.4, 0.5) is 0 Å². The van der Waals surface area contributed by atoms with Crippen LogP contribution in [0.15, 0.2) is 24.3 Å². The maximum absolute atomic E-state index is 5.37. The van der Waals surface area contributed by atoms with Crippen LogP contribution in [0.2, 0.25) is 0 Å². The highest BCUT2D eigenvalue weighted by molar-refractivity contribution is 5.21. The number of nitrogens with one attached hydrogen (secondary N) is 1. The summed E-state index contributed by atoms with van der Waals surface area (Å²) in [4.78, 5) is 0. The van der Waals surface area contributed by atoms with Crippen LogP contribution in [0.3, 0.4) is 0 Å². The van der Waals surface area contributed by atoms with E-state index in [2.05, 4.69) is 43.4 Å². The van der Waals surface area contributed by atoms with Gasteiger partial charge in [0.25, 0.3) is 0 Å². The number of hydrogen-bond donors (Lipinski definition) is 1. The Morgan fingerprint density at radius 2 is 1.76 bits per heavy atom. The molecule has 0 radical (unpaired) electrons. The highest BCUT2D eigenvalue weighted by atomic mass is 16.5. The minimum absolute atomic E-state index is 0.720. The second kappa shape index (κ2) is 8.26. The molecule has 1 aromatic carbocycles. The Balaban J connectivity index is 2.25. The van der Waals surface area contributed by atoms with Gasteiger partial charge < -0.3 is 10.1 Å². The summed E-state index contributed by atoms with van der Waals surface area (Å²) in [7, 11) is 0. The molecule has 0 heterocycles. The Kier molecular flexibility index (Phi) is 6.90. The first-order chi connectivity index (χ1) is 8.22.